The number of fused-ring (bicyclic) bond motifs is 1. The molecule has 0 aromatic heterocycles. The van der Waals surface area contributed by atoms with Crippen molar-refractivity contribution < 1.29 is 19.4 Å². The van der Waals surface area contributed by atoms with Crippen molar-refractivity contribution in [3.8, 4) is 5.75 Å². The van der Waals surface area contributed by atoms with Gasteiger partial charge in [-0.15, -0.1) is 0 Å². The molecule has 2 rings (SSSR count). The van der Waals surface area contributed by atoms with Crippen molar-refractivity contribution in [3.63, 3.8) is 0 Å². The average Bonchev–Trinajstić information content (AvgIpc) is 2.46. The van der Waals surface area contributed by atoms with Crippen LogP contribution in [0.1, 0.15) is 20.8 Å². The molecule has 22 heavy (non-hydrogen) atoms. The summed E-state index contributed by atoms with van der Waals surface area (Å²) in [6.45, 7) is 4.62. The van der Waals surface area contributed by atoms with E-state index in [-0.39, 0.29) is 0 Å². The third-order valence-corrected chi connectivity index (χ3v) is 3.36. The number of carbonyl (C=O) groups is 2. The molecular formula is C17H19NO4. The van der Waals surface area contributed by atoms with E-state index >= 15 is 0 Å². The zero-order valence-corrected chi connectivity index (χ0v) is 12.8. The molecule has 1 unspecified atom stereocenters. The van der Waals surface area contributed by atoms with E-state index in [0.717, 1.165) is 10.8 Å². The Morgan fingerprint density at radius 1 is 1.14 bits per heavy atom. The summed E-state index contributed by atoms with van der Waals surface area (Å²) in [4.78, 5) is 23.0. The Kier molecular flexibility index (Phi) is 4.35. The summed E-state index contributed by atoms with van der Waals surface area (Å²) < 4.78 is 5.75. The van der Waals surface area contributed by atoms with Crippen molar-refractivity contribution in [3.05, 3.63) is 42.5 Å². The zero-order chi connectivity index (χ0) is 16.3. The second-order valence-corrected chi connectivity index (χ2v) is 5.65. The minimum absolute atomic E-state index is 0.476. The predicted octanol–water partition coefficient (Wildman–Crippen LogP) is 2.59. The Morgan fingerprint density at radius 3 is 2.41 bits per heavy atom. The van der Waals surface area contributed by atoms with Gasteiger partial charge < -0.3 is 15.2 Å². The van der Waals surface area contributed by atoms with E-state index in [2.05, 4.69) is 5.32 Å². The Balaban J connectivity index is 2.15. The molecule has 0 fully saturated rings. The quantitative estimate of drug-likeness (QED) is 0.890. The molecule has 0 aliphatic heterocycles. The van der Waals surface area contributed by atoms with Crippen molar-refractivity contribution in [2.75, 3.05) is 0 Å². The predicted molar refractivity (Wildman–Crippen MR) is 83.9 cm³/mol. The highest BCUT2D eigenvalue weighted by Gasteiger charge is 2.32. The minimum Gasteiger partial charge on any atom is -0.480 e. The normalized spacial score (nSPS) is 12.7. The number of carboxylic acids is 1. The van der Waals surface area contributed by atoms with Crippen LogP contribution in [0.3, 0.4) is 0 Å². The van der Waals surface area contributed by atoms with Gasteiger partial charge in [0.15, 0.2) is 5.60 Å². The molecule has 0 heterocycles. The molecule has 5 heteroatoms. The Labute approximate surface area is 128 Å². The number of hydrogen-bond acceptors (Lipinski definition) is 3. The first-order chi connectivity index (χ1) is 10.3. The molecular weight excluding hydrogens is 282 g/mol. The summed E-state index contributed by atoms with van der Waals surface area (Å²) in [7, 11) is 0. The molecule has 0 saturated heterocycles. The van der Waals surface area contributed by atoms with Crippen LogP contribution < -0.4 is 10.1 Å². The molecule has 1 atom stereocenters. The maximum absolute atomic E-state index is 12.1. The lowest BCUT2D eigenvalue weighted by Gasteiger charge is -2.26. The van der Waals surface area contributed by atoms with Crippen molar-refractivity contribution in [2.24, 2.45) is 0 Å². The number of carbonyl (C=O) groups excluding carboxylic acids is 1. The van der Waals surface area contributed by atoms with Crippen molar-refractivity contribution >= 4 is 22.6 Å². The van der Waals surface area contributed by atoms with Crippen LogP contribution in [0.25, 0.3) is 10.8 Å². The fourth-order valence-corrected chi connectivity index (χ4v) is 2.00. The van der Waals surface area contributed by atoms with E-state index in [1.807, 2.05) is 36.4 Å². The van der Waals surface area contributed by atoms with Gasteiger partial charge in [0.2, 0.25) is 0 Å². The summed E-state index contributed by atoms with van der Waals surface area (Å²) in [6, 6.07) is 12.4. The van der Waals surface area contributed by atoms with Crippen LogP contribution in [-0.2, 0) is 9.59 Å². The summed E-state index contributed by atoms with van der Waals surface area (Å²) in [5.74, 6) is -1.01. The fraction of sp³-hybridized carbons (Fsp3) is 0.294. The monoisotopic (exact) mass is 301 g/mol. The maximum Gasteiger partial charge on any atom is 0.325 e. The molecule has 0 bridgehead atoms. The van der Waals surface area contributed by atoms with Gasteiger partial charge in [-0.1, -0.05) is 30.3 Å². The van der Waals surface area contributed by atoms with Crippen LogP contribution in [0.5, 0.6) is 5.75 Å². The standard InChI is InChI=1S/C17H19NO4/c1-11(15(19)20)18-16(21)17(2,3)22-14-9-8-12-6-4-5-7-13(12)10-14/h4-11H,1-3H3,(H,18,21)(H,19,20). The summed E-state index contributed by atoms with van der Waals surface area (Å²) in [6.07, 6.45) is 0. The Morgan fingerprint density at radius 2 is 1.77 bits per heavy atom. The number of aliphatic carboxylic acids is 1. The lowest BCUT2D eigenvalue weighted by Crippen LogP contribution is -2.51. The number of carboxylic acid groups (broad SMARTS) is 1. The van der Waals surface area contributed by atoms with Gasteiger partial charge in [-0.25, -0.2) is 0 Å². The Bertz CT molecular complexity index is 709. The van der Waals surface area contributed by atoms with E-state index in [1.54, 1.807) is 19.9 Å². The van der Waals surface area contributed by atoms with Crippen LogP contribution in [0, 0.1) is 0 Å². The highest BCUT2D eigenvalue weighted by Crippen LogP contribution is 2.24. The topological polar surface area (TPSA) is 75.6 Å². The molecule has 116 valence electrons. The highest BCUT2D eigenvalue weighted by molar-refractivity contribution is 5.89. The maximum atomic E-state index is 12.1. The molecule has 2 N–H and O–H groups in total. The summed E-state index contributed by atoms with van der Waals surface area (Å²) in [5, 5.41) is 13.4. The molecule has 0 saturated carbocycles. The summed E-state index contributed by atoms with van der Waals surface area (Å²) >= 11 is 0. The second kappa shape index (κ2) is 6.05. The van der Waals surface area contributed by atoms with Crippen molar-refractivity contribution in [1.82, 2.24) is 5.32 Å². The number of ether oxygens (including phenoxy) is 1. The van der Waals surface area contributed by atoms with Gasteiger partial charge >= 0.3 is 5.97 Å². The first kappa shape index (κ1) is 15.8. The number of rotatable bonds is 5. The largest absolute Gasteiger partial charge is 0.480 e. The average molecular weight is 301 g/mol. The van der Waals surface area contributed by atoms with Crippen LogP contribution in [0.2, 0.25) is 0 Å². The lowest BCUT2D eigenvalue weighted by molar-refractivity contribution is -0.144. The van der Waals surface area contributed by atoms with Crippen molar-refractivity contribution in [1.29, 1.82) is 0 Å². The van der Waals surface area contributed by atoms with Crippen LogP contribution in [0.15, 0.2) is 42.5 Å². The van der Waals surface area contributed by atoms with E-state index < -0.39 is 23.5 Å². The SMILES string of the molecule is CC(NC(=O)C(C)(C)Oc1ccc2ccccc2c1)C(=O)O. The zero-order valence-electron chi connectivity index (χ0n) is 12.8. The van der Waals surface area contributed by atoms with Crippen molar-refractivity contribution in [2.45, 2.75) is 32.4 Å². The smallest absolute Gasteiger partial charge is 0.325 e. The van der Waals surface area contributed by atoms with E-state index in [0.29, 0.717) is 5.75 Å². The van der Waals surface area contributed by atoms with E-state index in [9.17, 15) is 9.59 Å². The van der Waals surface area contributed by atoms with E-state index in [1.165, 1.54) is 6.92 Å². The third-order valence-electron chi connectivity index (χ3n) is 3.36. The molecule has 2 aromatic rings. The van der Waals surface area contributed by atoms with Gasteiger partial charge in [-0.2, -0.15) is 0 Å². The van der Waals surface area contributed by atoms with Gasteiger partial charge in [-0.3, -0.25) is 9.59 Å². The summed E-state index contributed by atoms with van der Waals surface area (Å²) in [5.41, 5.74) is -1.17. The molecule has 1 amide bonds. The molecule has 2 aromatic carbocycles. The fourth-order valence-electron chi connectivity index (χ4n) is 2.00. The molecule has 0 aliphatic rings. The molecule has 0 aliphatic carbocycles. The first-order valence-electron chi connectivity index (χ1n) is 7.01. The van der Waals surface area contributed by atoms with Gasteiger partial charge in [0.05, 0.1) is 0 Å². The van der Waals surface area contributed by atoms with Gasteiger partial charge in [-0.05, 0) is 43.7 Å². The Hall–Kier alpha value is -2.56. The molecule has 5 nitrogen and oxygen atoms in total. The molecule has 0 radical (unpaired) electrons. The van der Waals surface area contributed by atoms with Crippen LogP contribution in [-0.4, -0.2) is 28.6 Å². The third kappa shape index (κ3) is 3.55. The van der Waals surface area contributed by atoms with Crippen LogP contribution in [0.4, 0.5) is 0 Å². The van der Waals surface area contributed by atoms with Gasteiger partial charge in [0, 0.05) is 0 Å². The number of amides is 1. The number of hydrogen-bond donors (Lipinski definition) is 2. The second-order valence-electron chi connectivity index (χ2n) is 5.65. The number of nitrogens with one attached hydrogen (secondary N) is 1. The molecule has 0 spiro atoms. The first-order valence-corrected chi connectivity index (χ1v) is 7.01. The van der Waals surface area contributed by atoms with Gasteiger partial charge in [0.25, 0.3) is 5.91 Å². The number of benzene rings is 2. The van der Waals surface area contributed by atoms with Crippen LogP contribution >= 0.6 is 0 Å². The minimum atomic E-state index is -1.17. The lowest BCUT2D eigenvalue weighted by atomic mass is 10.1. The highest BCUT2D eigenvalue weighted by atomic mass is 16.5. The van der Waals surface area contributed by atoms with Gasteiger partial charge in [0.1, 0.15) is 11.8 Å². The van der Waals surface area contributed by atoms with E-state index in [4.69, 9.17) is 9.84 Å².